The van der Waals surface area contributed by atoms with Crippen molar-refractivity contribution in [3.63, 3.8) is 0 Å². The minimum Gasteiger partial charge on any atom is -0.361 e. The van der Waals surface area contributed by atoms with Crippen LogP contribution in [0.1, 0.15) is 25.3 Å². The van der Waals surface area contributed by atoms with Gasteiger partial charge in [0.15, 0.2) is 5.96 Å². The number of nitrogens with one attached hydrogen (secondary N) is 3. The summed E-state index contributed by atoms with van der Waals surface area (Å²) < 4.78 is 0. The lowest BCUT2D eigenvalue weighted by molar-refractivity contribution is 0.183. The van der Waals surface area contributed by atoms with E-state index in [-0.39, 0.29) is 0 Å². The lowest BCUT2D eigenvalue weighted by atomic mass is 9.98. The lowest BCUT2D eigenvalue weighted by Gasteiger charge is -2.32. The summed E-state index contributed by atoms with van der Waals surface area (Å²) in [6.07, 6.45) is 5.73. The number of aliphatic imine (C=N–C) groups is 1. The average Bonchev–Trinajstić information content (AvgIpc) is 3.08. The third-order valence-electron chi connectivity index (χ3n) is 5.19. The van der Waals surface area contributed by atoms with Crippen LogP contribution in [0.2, 0.25) is 0 Å². The summed E-state index contributed by atoms with van der Waals surface area (Å²) in [5.74, 6) is 1.63. The maximum Gasteiger partial charge on any atom is 0.190 e. The van der Waals surface area contributed by atoms with Crippen LogP contribution in [0.5, 0.6) is 0 Å². The molecular weight excluding hydrogens is 310 g/mol. The van der Waals surface area contributed by atoms with Gasteiger partial charge in [-0.15, -0.1) is 0 Å². The first-order valence-electron chi connectivity index (χ1n) is 9.52. The molecule has 2 aromatic rings. The molecule has 0 amide bonds. The molecule has 0 spiro atoms. The lowest BCUT2D eigenvalue weighted by Crippen LogP contribution is -2.44. The standard InChI is InChI=1S/C20H31N5/c1-3-25-12-6-7-16(15-25)13-24-20(21-2)22-11-10-17-14-23-19-9-5-4-8-18(17)19/h4-5,8-9,14,16,23H,3,6-7,10-13,15H2,1-2H3,(H2,21,22,24). The van der Waals surface area contributed by atoms with Gasteiger partial charge in [-0.2, -0.15) is 0 Å². The van der Waals surface area contributed by atoms with Crippen molar-refractivity contribution in [2.24, 2.45) is 10.9 Å². The number of benzene rings is 1. The Kier molecular flexibility index (Phi) is 6.34. The van der Waals surface area contributed by atoms with Gasteiger partial charge < -0.3 is 20.5 Å². The molecule has 1 aromatic carbocycles. The van der Waals surface area contributed by atoms with Crippen LogP contribution >= 0.6 is 0 Å². The molecule has 1 saturated heterocycles. The minimum absolute atomic E-state index is 0.723. The zero-order chi connectivity index (χ0) is 17.5. The number of guanidine groups is 1. The highest BCUT2D eigenvalue weighted by molar-refractivity contribution is 5.83. The molecule has 1 aliphatic rings. The van der Waals surface area contributed by atoms with Gasteiger partial charge in [0.05, 0.1) is 0 Å². The summed E-state index contributed by atoms with van der Waals surface area (Å²) >= 11 is 0. The molecule has 25 heavy (non-hydrogen) atoms. The van der Waals surface area contributed by atoms with E-state index >= 15 is 0 Å². The minimum atomic E-state index is 0.723. The number of piperidine rings is 1. The van der Waals surface area contributed by atoms with Crippen LogP contribution in [0, 0.1) is 5.92 Å². The van der Waals surface area contributed by atoms with Crippen LogP contribution in [0.15, 0.2) is 35.5 Å². The van der Waals surface area contributed by atoms with E-state index in [2.05, 4.69) is 62.9 Å². The van der Waals surface area contributed by atoms with Crippen LogP contribution in [0.3, 0.4) is 0 Å². The number of likely N-dealkylation sites (tertiary alicyclic amines) is 1. The van der Waals surface area contributed by atoms with E-state index < -0.39 is 0 Å². The Bertz CT molecular complexity index is 690. The Morgan fingerprint density at radius 3 is 3.04 bits per heavy atom. The Hall–Kier alpha value is -2.01. The highest BCUT2D eigenvalue weighted by atomic mass is 15.2. The third-order valence-corrected chi connectivity index (χ3v) is 5.19. The summed E-state index contributed by atoms with van der Waals surface area (Å²) in [5, 5.41) is 8.27. The van der Waals surface area contributed by atoms with Gasteiger partial charge in [0.2, 0.25) is 0 Å². The van der Waals surface area contributed by atoms with E-state index in [0.29, 0.717) is 0 Å². The number of H-pyrrole nitrogens is 1. The Labute approximate surface area is 150 Å². The number of hydrogen-bond donors (Lipinski definition) is 3. The van der Waals surface area contributed by atoms with Crippen molar-refractivity contribution >= 4 is 16.9 Å². The number of fused-ring (bicyclic) bond motifs is 1. The molecule has 0 aliphatic carbocycles. The maximum absolute atomic E-state index is 4.37. The van der Waals surface area contributed by atoms with Crippen LogP contribution in [0.25, 0.3) is 10.9 Å². The fourth-order valence-corrected chi connectivity index (χ4v) is 3.72. The summed E-state index contributed by atoms with van der Waals surface area (Å²) in [6, 6.07) is 8.46. The van der Waals surface area contributed by atoms with E-state index in [4.69, 9.17) is 0 Å². The predicted octanol–water partition coefficient (Wildman–Crippen LogP) is 2.61. The molecule has 1 atom stereocenters. The fraction of sp³-hybridized carbons (Fsp3) is 0.550. The molecule has 5 heteroatoms. The first-order chi connectivity index (χ1) is 12.3. The van der Waals surface area contributed by atoms with E-state index in [9.17, 15) is 0 Å². The Balaban J connectivity index is 1.43. The van der Waals surface area contributed by atoms with Gasteiger partial charge in [0.25, 0.3) is 0 Å². The summed E-state index contributed by atoms with van der Waals surface area (Å²) in [5.41, 5.74) is 2.56. The molecule has 1 aromatic heterocycles. The van der Waals surface area contributed by atoms with Crippen molar-refractivity contribution in [1.82, 2.24) is 20.5 Å². The molecule has 0 saturated carbocycles. The van der Waals surface area contributed by atoms with E-state index in [1.807, 2.05) is 7.05 Å². The predicted molar refractivity (Wildman–Crippen MR) is 106 cm³/mol. The van der Waals surface area contributed by atoms with Gasteiger partial charge in [-0.05, 0) is 49.9 Å². The zero-order valence-corrected chi connectivity index (χ0v) is 15.5. The molecule has 136 valence electrons. The molecular formula is C20H31N5. The number of aromatic nitrogens is 1. The highest BCUT2D eigenvalue weighted by Gasteiger charge is 2.18. The zero-order valence-electron chi connectivity index (χ0n) is 15.5. The van der Waals surface area contributed by atoms with Crippen molar-refractivity contribution in [1.29, 1.82) is 0 Å². The van der Waals surface area contributed by atoms with Crippen LogP contribution < -0.4 is 10.6 Å². The molecule has 0 bridgehead atoms. The largest absolute Gasteiger partial charge is 0.361 e. The van der Waals surface area contributed by atoms with Crippen molar-refractivity contribution in [2.75, 3.05) is 39.8 Å². The van der Waals surface area contributed by atoms with Crippen LogP contribution in [-0.2, 0) is 6.42 Å². The third kappa shape index (κ3) is 4.75. The van der Waals surface area contributed by atoms with Gasteiger partial charge >= 0.3 is 0 Å². The van der Waals surface area contributed by atoms with Gasteiger partial charge in [-0.3, -0.25) is 4.99 Å². The Morgan fingerprint density at radius 2 is 2.20 bits per heavy atom. The average molecular weight is 342 g/mol. The quantitative estimate of drug-likeness (QED) is 0.559. The number of nitrogens with zero attached hydrogens (tertiary/aromatic N) is 2. The molecule has 5 nitrogen and oxygen atoms in total. The normalized spacial score (nSPS) is 19.3. The van der Waals surface area contributed by atoms with E-state index in [1.54, 1.807) is 0 Å². The highest BCUT2D eigenvalue weighted by Crippen LogP contribution is 2.17. The number of rotatable bonds is 6. The number of para-hydroxylation sites is 1. The first-order valence-corrected chi connectivity index (χ1v) is 9.52. The molecule has 3 N–H and O–H groups in total. The molecule has 1 aliphatic heterocycles. The second kappa shape index (κ2) is 8.90. The number of aromatic amines is 1. The molecule has 1 fully saturated rings. The van der Waals surface area contributed by atoms with Crippen molar-refractivity contribution in [2.45, 2.75) is 26.2 Å². The molecule has 3 rings (SSSR count). The van der Waals surface area contributed by atoms with Gasteiger partial charge in [0, 0.05) is 43.8 Å². The monoisotopic (exact) mass is 341 g/mol. The summed E-state index contributed by atoms with van der Waals surface area (Å²) in [4.78, 5) is 10.3. The van der Waals surface area contributed by atoms with Crippen molar-refractivity contribution in [3.05, 3.63) is 36.0 Å². The number of hydrogen-bond acceptors (Lipinski definition) is 2. The summed E-state index contributed by atoms with van der Waals surface area (Å²) in [6.45, 7) is 7.76. The van der Waals surface area contributed by atoms with Gasteiger partial charge in [-0.1, -0.05) is 25.1 Å². The second-order valence-electron chi connectivity index (χ2n) is 6.89. The maximum atomic E-state index is 4.37. The van der Waals surface area contributed by atoms with Crippen LogP contribution in [-0.4, -0.2) is 55.6 Å². The topological polar surface area (TPSA) is 55.4 Å². The van der Waals surface area contributed by atoms with Crippen molar-refractivity contribution < 1.29 is 0 Å². The fourth-order valence-electron chi connectivity index (χ4n) is 3.72. The van der Waals surface area contributed by atoms with Crippen LogP contribution in [0.4, 0.5) is 0 Å². The second-order valence-corrected chi connectivity index (χ2v) is 6.89. The smallest absolute Gasteiger partial charge is 0.190 e. The molecule has 1 unspecified atom stereocenters. The Morgan fingerprint density at radius 1 is 1.32 bits per heavy atom. The molecule has 0 radical (unpaired) electrons. The molecule has 2 heterocycles. The van der Waals surface area contributed by atoms with Crippen molar-refractivity contribution in [3.8, 4) is 0 Å². The van der Waals surface area contributed by atoms with Gasteiger partial charge in [-0.25, -0.2) is 0 Å². The first kappa shape index (κ1) is 17.8. The van der Waals surface area contributed by atoms with E-state index in [1.165, 1.54) is 42.4 Å². The van der Waals surface area contributed by atoms with E-state index in [0.717, 1.165) is 37.9 Å². The SMILES string of the molecule is CCN1CCCC(CNC(=NC)NCCc2c[nH]c3ccccc23)C1. The summed E-state index contributed by atoms with van der Waals surface area (Å²) in [7, 11) is 1.85. The van der Waals surface area contributed by atoms with Gasteiger partial charge in [0.1, 0.15) is 0 Å².